The summed E-state index contributed by atoms with van der Waals surface area (Å²) < 4.78 is 10.5. The molecule has 0 saturated carbocycles. The number of nitrogens with one attached hydrogen (secondary N) is 1. The van der Waals surface area contributed by atoms with Crippen molar-refractivity contribution < 1.29 is 14.3 Å². The molecule has 3 rings (SSSR count). The standard InChI is InChI=1S/C20H30N2O3/c1-4-8-22-16-6-5-7-17(22)12-15(11-16)21-20(23)14-9-18(24-2)13-19(10-14)25-3/h9-10,13,15-17H,4-8,11-12H2,1-3H3,(H,21,23)/t15?,16-,17+. The lowest BCUT2D eigenvalue weighted by molar-refractivity contribution is 0.0245. The number of hydrogen-bond donors (Lipinski definition) is 1. The third kappa shape index (κ3) is 4.09. The van der Waals surface area contributed by atoms with Gasteiger partial charge in [-0.15, -0.1) is 0 Å². The number of rotatable bonds is 6. The highest BCUT2D eigenvalue weighted by Crippen LogP contribution is 2.34. The molecular formula is C20H30N2O3. The Labute approximate surface area is 150 Å². The SMILES string of the molecule is CCCN1[C@@H]2CCC[C@H]1CC(NC(=O)c1cc(OC)cc(OC)c1)C2. The number of carbonyl (C=O) groups excluding carboxylic acids is 1. The normalized spacial score (nSPS) is 26.1. The molecule has 2 saturated heterocycles. The Bertz CT molecular complexity index is 568. The molecule has 0 aromatic heterocycles. The molecule has 1 aromatic rings. The fraction of sp³-hybridized carbons (Fsp3) is 0.650. The zero-order valence-corrected chi connectivity index (χ0v) is 15.6. The quantitative estimate of drug-likeness (QED) is 0.859. The van der Waals surface area contributed by atoms with Crippen molar-refractivity contribution in [2.75, 3.05) is 20.8 Å². The lowest BCUT2D eigenvalue weighted by atomic mass is 9.81. The van der Waals surface area contributed by atoms with Crippen LogP contribution in [-0.4, -0.2) is 49.7 Å². The molecular weight excluding hydrogens is 316 g/mol. The molecule has 1 N–H and O–H groups in total. The predicted molar refractivity (Wildman–Crippen MR) is 98.5 cm³/mol. The second kappa shape index (κ2) is 8.09. The van der Waals surface area contributed by atoms with Crippen molar-refractivity contribution in [1.82, 2.24) is 10.2 Å². The summed E-state index contributed by atoms with van der Waals surface area (Å²) in [6.07, 6.45) is 7.16. The van der Waals surface area contributed by atoms with Gasteiger partial charge in [-0.1, -0.05) is 13.3 Å². The second-order valence-electron chi connectivity index (χ2n) is 7.22. The van der Waals surface area contributed by atoms with Gasteiger partial charge in [0.1, 0.15) is 11.5 Å². The van der Waals surface area contributed by atoms with E-state index in [0.717, 1.165) is 12.8 Å². The number of nitrogens with zero attached hydrogens (tertiary/aromatic N) is 1. The van der Waals surface area contributed by atoms with E-state index in [2.05, 4.69) is 17.1 Å². The fourth-order valence-corrected chi connectivity index (χ4v) is 4.43. The second-order valence-corrected chi connectivity index (χ2v) is 7.22. The number of amides is 1. The lowest BCUT2D eigenvalue weighted by Crippen LogP contribution is -2.57. The highest BCUT2D eigenvalue weighted by Gasteiger charge is 2.38. The Balaban J connectivity index is 1.68. The van der Waals surface area contributed by atoms with Crippen LogP contribution in [0.3, 0.4) is 0 Å². The number of piperidine rings is 2. The van der Waals surface area contributed by atoms with E-state index in [9.17, 15) is 4.79 Å². The van der Waals surface area contributed by atoms with Gasteiger partial charge in [0.05, 0.1) is 14.2 Å². The summed E-state index contributed by atoms with van der Waals surface area (Å²) in [5.41, 5.74) is 0.595. The van der Waals surface area contributed by atoms with Crippen LogP contribution in [0.2, 0.25) is 0 Å². The van der Waals surface area contributed by atoms with Crippen LogP contribution < -0.4 is 14.8 Å². The number of hydrogen-bond acceptors (Lipinski definition) is 4. The van der Waals surface area contributed by atoms with E-state index in [1.165, 1.54) is 32.2 Å². The number of ether oxygens (including phenoxy) is 2. The highest BCUT2D eigenvalue weighted by atomic mass is 16.5. The van der Waals surface area contributed by atoms with Gasteiger partial charge in [-0.05, 0) is 50.8 Å². The third-order valence-corrected chi connectivity index (χ3v) is 5.56. The summed E-state index contributed by atoms with van der Waals surface area (Å²) in [5.74, 6) is 1.24. The average molecular weight is 346 g/mol. The summed E-state index contributed by atoms with van der Waals surface area (Å²) in [5, 5.41) is 3.25. The largest absolute Gasteiger partial charge is 0.497 e. The molecule has 1 unspecified atom stereocenters. The van der Waals surface area contributed by atoms with Gasteiger partial charge < -0.3 is 14.8 Å². The molecule has 0 spiro atoms. The van der Waals surface area contributed by atoms with Gasteiger partial charge in [-0.25, -0.2) is 0 Å². The maximum atomic E-state index is 12.7. The van der Waals surface area contributed by atoms with Crippen LogP contribution in [0, 0.1) is 0 Å². The zero-order chi connectivity index (χ0) is 17.8. The molecule has 0 radical (unpaired) electrons. The molecule has 138 valence electrons. The topological polar surface area (TPSA) is 50.8 Å². The molecule has 25 heavy (non-hydrogen) atoms. The maximum Gasteiger partial charge on any atom is 0.251 e. The van der Waals surface area contributed by atoms with Gasteiger partial charge in [0.25, 0.3) is 5.91 Å². The number of carbonyl (C=O) groups is 1. The van der Waals surface area contributed by atoms with Gasteiger partial charge in [0.15, 0.2) is 0 Å². The molecule has 5 nitrogen and oxygen atoms in total. The Morgan fingerprint density at radius 3 is 2.24 bits per heavy atom. The number of methoxy groups -OCH3 is 2. The molecule has 0 aliphatic carbocycles. The molecule has 2 aliphatic rings. The van der Waals surface area contributed by atoms with Crippen molar-refractivity contribution >= 4 is 5.91 Å². The van der Waals surface area contributed by atoms with Crippen LogP contribution in [0.5, 0.6) is 11.5 Å². The summed E-state index contributed by atoms with van der Waals surface area (Å²) in [7, 11) is 3.20. The van der Waals surface area contributed by atoms with E-state index in [0.29, 0.717) is 29.1 Å². The maximum absolute atomic E-state index is 12.7. The van der Waals surface area contributed by atoms with E-state index in [1.807, 2.05) is 0 Å². The first kappa shape index (κ1) is 18.1. The highest BCUT2D eigenvalue weighted by molar-refractivity contribution is 5.95. The number of benzene rings is 1. The van der Waals surface area contributed by atoms with Crippen LogP contribution in [0.1, 0.15) is 55.8 Å². The Morgan fingerprint density at radius 1 is 1.12 bits per heavy atom. The van der Waals surface area contributed by atoms with Crippen LogP contribution in [0.25, 0.3) is 0 Å². The van der Waals surface area contributed by atoms with E-state index in [1.54, 1.807) is 32.4 Å². The first-order valence-corrected chi connectivity index (χ1v) is 9.44. The minimum absolute atomic E-state index is 0.0378. The zero-order valence-electron chi connectivity index (χ0n) is 15.6. The van der Waals surface area contributed by atoms with E-state index >= 15 is 0 Å². The molecule has 1 amide bonds. The van der Waals surface area contributed by atoms with Crippen molar-refractivity contribution in [3.63, 3.8) is 0 Å². The lowest BCUT2D eigenvalue weighted by Gasteiger charge is -2.49. The van der Waals surface area contributed by atoms with Crippen molar-refractivity contribution in [3.8, 4) is 11.5 Å². The minimum Gasteiger partial charge on any atom is -0.497 e. The first-order chi connectivity index (χ1) is 12.1. The van der Waals surface area contributed by atoms with Crippen molar-refractivity contribution in [2.45, 2.75) is 63.6 Å². The van der Waals surface area contributed by atoms with Crippen LogP contribution in [0.15, 0.2) is 18.2 Å². The summed E-state index contributed by atoms with van der Waals surface area (Å²) in [6, 6.07) is 6.82. The van der Waals surface area contributed by atoms with E-state index < -0.39 is 0 Å². The third-order valence-electron chi connectivity index (χ3n) is 5.56. The monoisotopic (exact) mass is 346 g/mol. The molecule has 2 aliphatic heterocycles. The van der Waals surface area contributed by atoms with Crippen molar-refractivity contribution in [2.24, 2.45) is 0 Å². The van der Waals surface area contributed by atoms with Crippen LogP contribution >= 0.6 is 0 Å². The molecule has 2 bridgehead atoms. The van der Waals surface area contributed by atoms with E-state index in [4.69, 9.17) is 9.47 Å². The molecule has 2 heterocycles. The van der Waals surface area contributed by atoms with Gasteiger partial charge in [0.2, 0.25) is 0 Å². The summed E-state index contributed by atoms with van der Waals surface area (Å²) >= 11 is 0. The Kier molecular flexibility index (Phi) is 5.84. The Morgan fingerprint density at radius 2 is 1.72 bits per heavy atom. The average Bonchev–Trinajstić information content (AvgIpc) is 2.62. The number of fused-ring (bicyclic) bond motifs is 2. The minimum atomic E-state index is -0.0378. The van der Waals surface area contributed by atoms with Gasteiger partial charge >= 0.3 is 0 Å². The van der Waals surface area contributed by atoms with Gasteiger partial charge in [-0.2, -0.15) is 0 Å². The molecule has 3 atom stereocenters. The first-order valence-electron chi connectivity index (χ1n) is 9.44. The van der Waals surface area contributed by atoms with Gasteiger partial charge in [0, 0.05) is 29.8 Å². The van der Waals surface area contributed by atoms with Crippen LogP contribution in [-0.2, 0) is 0 Å². The van der Waals surface area contributed by atoms with Crippen molar-refractivity contribution in [3.05, 3.63) is 23.8 Å². The van der Waals surface area contributed by atoms with Crippen LogP contribution in [0.4, 0.5) is 0 Å². The Hall–Kier alpha value is -1.75. The predicted octanol–water partition coefficient (Wildman–Crippen LogP) is 3.23. The molecule has 1 aromatic carbocycles. The van der Waals surface area contributed by atoms with Crippen molar-refractivity contribution in [1.29, 1.82) is 0 Å². The smallest absolute Gasteiger partial charge is 0.251 e. The van der Waals surface area contributed by atoms with Gasteiger partial charge in [-0.3, -0.25) is 9.69 Å². The summed E-state index contributed by atoms with van der Waals surface area (Å²) in [4.78, 5) is 15.4. The fourth-order valence-electron chi connectivity index (χ4n) is 4.43. The molecule has 2 fully saturated rings. The van der Waals surface area contributed by atoms with E-state index in [-0.39, 0.29) is 11.9 Å². The summed E-state index contributed by atoms with van der Waals surface area (Å²) in [6.45, 7) is 3.43. The molecule has 5 heteroatoms.